The van der Waals surface area contributed by atoms with Crippen molar-refractivity contribution in [3.05, 3.63) is 29.8 Å². The van der Waals surface area contributed by atoms with Gasteiger partial charge in [-0.1, -0.05) is 30.5 Å². The molecule has 2 N–H and O–H groups in total. The van der Waals surface area contributed by atoms with E-state index in [0.717, 1.165) is 18.7 Å². The maximum absolute atomic E-state index is 11.7. The zero-order valence-electron chi connectivity index (χ0n) is 12.6. The van der Waals surface area contributed by atoms with E-state index in [1.807, 2.05) is 43.0 Å². The molecule has 0 fully saturated rings. The molecule has 0 spiro atoms. The fourth-order valence-electron chi connectivity index (χ4n) is 1.89. The lowest BCUT2D eigenvalue weighted by Crippen LogP contribution is -2.28. The number of benzene rings is 1. The molecule has 0 saturated carbocycles. The molecular weight excluding hydrogens is 268 g/mol. The summed E-state index contributed by atoms with van der Waals surface area (Å²) in [7, 11) is 0. The maximum Gasteiger partial charge on any atom is 0.238 e. The first kappa shape index (κ1) is 17.1. The summed E-state index contributed by atoms with van der Waals surface area (Å²) in [5, 5.41) is 6.07. The lowest BCUT2D eigenvalue weighted by Gasteiger charge is -2.07. The molecule has 0 radical (unpaired) electrons. The molecule has 0 atom stereocenters. The smallest absolute Gasteiger partial charge is 0.238 e. The number of carbonyl (C=O) groups excluding carboxylic acids is 1. The van der Waals surface area contributed by atoms with Gasteiger partial charge in [0.15, 0.2) is 0 Å². The van der Waals surface area contributed by atoms with Crippen molar-refractivity contribution in [2.24, 2.45) is 0 Å². The van der Waals surface area contributed by atoms with Crippen LogP contribution in [0.2, 0.25) is 0 Å². The van der Waals surface area contributed by atoms with Crippen molar-refractivity contribution in [1.82, 2.24) is 5.32 Å². The summed E-state index contributed by atoms with van der Waals surface area (Å²) in [6, 6.07) is 7.85. The van der Waals surface area contributed by atoms with E-state index in [1.54, 1.807) is 0 Å². The molecule has 1 amide bonds. The number of carbonyl (C=O) groups is 1. The number of thioether (sulfide) groups is 1. The van der Waals surface area contributed by atoms with Gasteiger partial charge in [-0.25, -0.2) is 0 Å². The third-order valence-corrected chi connectivity index (χ3v) is 3.77. The van der Waals surface area contributed by atoms with Gasteiger partial charge in [0.05, 0.1) is 6.54 Å². The second-order valence-corrected chi connectivity index (χ2v) is 5.98. The number of rotatable bonds is 10. The molecule has 20 heavy (non-hydrogen) atoms. The van der Waals surface area contributed by atoms with Crippen molar-refractivity contribution < 1.29 is 4.79 Å². The van der Waals surface area contributed by atoms with E-state index in [1.165, 1.54) is 30.6 Å². The number of unbranched alkanes of at least 4 members (excludes halogenated alkanes) is 3. The summed E-state index contributed by atoms with van der Waals surface area (Å²) in [5.74, 6) is 1.28. The van der Waals surface area contributed by atoms with Crippen molar-refractivity contribution in [1.29, 1.82) is 0 Å². The molecule has 0 bridgehead atoms. The molecule has 1 aromatic carbocycles. The van der Waals surface area contributed by atoms with E-state index < -0.39 is 0 Å². The fraction of sp³-hybridized carbons (Fsp3) is 0.562. The predicted octanol–water partition coefficient (Wildman–Crippen LogP) is 3.45. The van der Waals surface area contributed by atoms with Crippen molar-refractivity contribution >= 4 is 23.4 Å². The first-order valence-corrected chi connectivity index (χ1v) is 8.68. The highest BCUT2D eigenvalue weighted by molar-refractivity contribution is 7.98. The Bertz CT molecular complexity index is 379. The molecule has 3 nitrogen and oxygen atoms in total. The Hall–Kier alpha value is -1.00. The average Bonchev–Trinajstić information content (AvgIpc) is 2.44. The second-order valence-electron chi connectivity index (χ2n) is 5.00. The van der Waals surface area contributed by atoms with Gasteiger partial charge in [0.2, 0.25) is 5.91 Å². The summed E-state index contributed by atoms with van der Waals surface area (Å²) >= 11 is 1.91. The molecule has 1 rings (SSSR count). The van der Waals surface area contributed by atoms with Crippen LogP contribution in [0.25, 0.3) is 0 Å². The van der Waals surface area contributed by atoms with Gasteiger partial charge < -0.3 is 10.6 Å². The Morgan fingerprint density at radius 2 is 1.80 bits per heavy atom. The average molecular weight is 294 g/mol. The van der Waals surface area contributed by atoms with E-state index in [9.17, 15) is 4.79 Å². The zero-order chi connectivity index (χ0) is 14.6. The molecule has 0 heterocycles. The summed E-state index contributed by atoms with van der Waals surface area (Å²) in [4.78, 5) is 11.7. The molecule has 0 saturated heterocycles. The highest BCUT2D eigenvalue weighted by Gasteiger charge is 2.01. The lowest BCUT2D eigenvalue weighted by atomic mass is 10.2. The third kappa shape index (κ3) is 8.23. The van der Waals surface area contributed by atoms with Gasteiger partial charge in [0.1, 0.15) is 0 Å². The van der Waals surface area contributed by atoms with Crippen LogP contribution in [0.1, 0.15) is 31.2 Å². The van der Waals surface area contributed by atoms with Crippen LogP contribution < -0.4 is 10.6 Å². The molecule has 0 aromatic heterocycles. The summed E-state index contributed by atoms with van der Waals surface area (Å²) < 4.78 is 0. The predicted molar refractivity (Wildman–Crippen MR) is 89.5 cm³/mol. The van der Waals surface area contributed by atoms with Crippen molar-refractivity contribution in [2.75, 3.05) is 30.4 Å². The number of hydrogen-bond acceptors (Lipinski definition) is 3. The van der Waals surface area contributed by atoms with Crippen molar-refractivity contribution in [3.63, 3.8) is 0 Å². The lowest BCUT2D eigenvalue weighted by molar-refractivity contribution is -0.115. The van der Waals surface area contributed by atoms with E-state index >= 15 is 0 Å². The topological polar surface area (TPSA) is 41.1 Å². The number of amides is 1. The van der Waals surface area contributed by atoms with Crippen LogP contribution >= 0.6 is 11.8 Å². The Labute approximate surface area is 126 Å². The Balaban J connectivity index is 2.01. The summed E-state index contributed by atoms with van der Waals surface area (Å²) in [5.41, 5.74) is 2.06. The molecule has 0 aliphatic rings. The minimum absolute atomic E-state index is 0.0243. The molecular formula is C16H26N2OS. The highest BCUT2D eigenvalue weighted by Crippen LogP contribution is 2.08. The summed E-state index contributed by atoms with van der Waals surface area (Å²) in [6.45, 7) is 3.34. The van der Waals surface area contributed by atoms with Gasteiger partial charge >= 0.3 is 0 Å². The Kier molecular flexibility index (Phi) is 9.16. The highest BCUT2D eigenvalue weighted by atomic mass is 32.2. The van der Waals surface area contributed by atoms with E-state index in [-0.39, 0.29) is 5.91 Å². The molecule has 4 heteroatoms. The minimum atomic E-state index is 0.0243. The maximum atomic E-state index is 11.7. The SMILES string of the molecule is CSCCCCCCNCC(=O)Nc1ccc(C)cc1. The second kappa shape index (κ2) is 10.7. The molecule has 0 unspecified atom stereocenters. The number of aryl methyl sites for hydroxylation is 1. The van der Waals surface area contributed by atoms with Crippen molar-refractivity contribution in [2.45, 2.75) is 32.6 Å². The standard InChI is InChI=1S/C16H26N2OS/c1-14-7-9-15(10-8-14)18-16(19)13-17-11-5-3-4-6-12-20-2/h7-10,17H,3-6,11-13H2,1-2H3,(H,18,19). The van der Waals surface area contributed by atoms with Crippen molar-refractivity contribution in [3.8, 4) is 0 Å². The fourth-order valence-corrected chi connectivity index (χ4v) is 2.39. The third-order valence-electron chi connectivity index (χ3n) is 3.07. The van der Waals surface area contributed by atoms with Gasteiger partial charge in [0.25, 0.3) is 0 Å². The molecule has 0 aliphatic heterocycles. The normalized spacial score (nSPS) is 10.5. The van der Waals surface area contributed by atoms with Gasteiger partial charge in [-0.2, -0.15) is 11.8 Å². The first-order chi connectivity index (χ1) is 9.72. The van der Waals surface area contributed by atoms with Crippen LogP contribution in [0.15, 0.2) is 24.3 Å². The first-order valence-electron chi connectivity index (χ1n) is 7.28. The molecule has 0 aliphatic carbocycles. The van der Waals surface area contributed by atoms with Crippen LogP contribution in [0.3, 0.4) is 0 Å². The molecule has 1 aromatic rings. The van der Waals surface area contributed by atoms with E-state index in [4.69, 9.17) is 0 Å². The van der Waals surface area contributed by atoms with Gasteiger partial charge in [-0.15, -0.1) is 0 Å². The van der Waals surface area contributed by atoms with Crippen LogP contribution in [0, 0.1) is 6.92 Å². The number of anilines is 1. The van der Waals surface area contributed by atoms with Gasteiger partial charge in [-0.3, -0.25) is 4.79 Å². The van der Waals surface area contributed by atoms with Gasteiger partial charge in [-0.05, 0) is 50.5 Å². The van der Waals surface area contributed by atoms with Crippen LogP contribution in [0.4, 0.5) is 5.69 Å². The van der Waals surface area contributed by atoms with Crippen LogP contribution in [-0.2, 0) is 4.79 Å². The number of hydrogen-bond donors (Lipinski definition) is 2. The van der Waals surface area contributed by atoms with Crippen LogP contribution in [0.5, 0.6) is 0 Å². The minimum Gasteiger partial charge on any atom is -0.325 e. The summed E-state index contributed by atoms with van der Waals surface area (Å²) in [6.07, 6.45) is 7.13. The van der Waals surface area contributed by atoms with Gasteiger partial charge in [0, 0.05) is 5.69 Å². The number of nitrogens with one attached hydrogen (secondary N) is 2. The Morgan fingerprint density at radius 1 is 1.10 bits per heavy atom. The van der Waals surface area contributed by atoms with Crippen LogP contribution in [-0.4, -0.2) is 31.0 Å². The Morgan fingerprint density at radius 3 is 2.50 bits per heavy atom. The monoisotopic (exact) mass is 294 g/mol. The van der Waals surface area contributed by atoms with E-state index in [2.05, 4.69) is 16.9 Å². The zero-order valence-corrected chi connectivity index (χ0v) is 13.4. The molecule has 112 valence electrons. The van der Waals surface area contributed by atoms with E-state index in [0.29, 0.717) is 6.54 Å². The largest absolute Gasteiger partial charge is 0.325 e. The quantitative estimate of drug-likeness (QED) is 0.649.